The molecule has 0 saturated carbocycles. The molecular formula is C20H22N2O2. The smallest absolute Gasteiger partial charge is 0.229 e. The lowest BCUT2D eigenvalue weighted by atomic mass is 10.1. The number of nitrogens with one attached hydrogen (secondary N) is 1. The van der Waals surface area contributed by atoms with Crippen molar-refractivity contribution in [1.29, 1.82) is 0 Å². The van der Waals surface area contributed by atoms with Crippen LogP contribution >= 0.6 is 0 Å². The van der Waals surface area contributed by atoms with Gasteiger partial charge in [0.2, 0.25) is 11.8 Å². The summed E-state index contributed by atoms with van der Waals surface area (Å²) < 4.78 is 0. The number of benzene rings is 2. The maximum Gasteiger partial charge on any atom is 0.229 e. The van der Waals surface area contributed by atoms with Crippen LogP contribution in [-0.4, -0.2) is 18.4 Å². The first-order valence-corrected chi connectivity index (χ1v) is 8.19. The number of amides is 2. The fourth-order valence-electron chi connectivity index (χ4n) is 3.12. The molecule has 124 valence electrons. The summed E-state index contributed by atoms with van der Waals surface area (Å²) in [6.07, 6.45) is 0.255. The topological polar surface area (TPSA) is 49.4 Å². The van der Waals surface area contributed by atoms with Gasteiger partial charge in [-0.15, -0.1) is 0 Å². The van der Waals surface area contributed by atoms with E-state index in [1.807, 2.05) is 63.2 Å². The molecule has 0 unspecified atom stereocenters. The zero-order chi connectivity index (χ0) is 17.3. The SMILES string of the molecule is Cc1cccc(N2C[C@@H](C(=O)Nc3ccc(C)cc3C)CC2=O)c1. The molecule has 1 atom stereocenters. The van der Waals surface area contributed by atoms with E-state index in [9.17, 15) is 9.59 Å². The van der Waals surface area contributed by atoms with E-state index in [2.05, 4.69) is 5.32 Å². The predicted molar refractivity (Wildman–Crippen MR) is 96.2 cm³/mol. The fourth-order valence-corrected chi connectivity index (χ4v) is 3.12. The lowest BCUT2D eigenvalue weighted by molar-refractivity contribution is -0.122. The average Bonchev–Trinajstić information content (AvgIpc) is 2.92. The van der Waals surface area contributed by atoms with E-state index in [-0.39, 0.29) is 24.2 Å². The van der Waals surface area contributed by atoms with Crippen molar-refractivity contribution in [1.82, 2.24) is 0 Å². The minimum absolute atomic E-state index is 0.00128. The van der Waals surface area contributed by atoms with Crippen LogP contribution < -0.4 is 10.2 Å². The molecule has 0 bridgehead atoms. The lowest BCUT2D eigenvalue weighted by Gasteiger charge is -2.17. The van der Waals surface area contributed by atoms with Gasteiger partial charge < -0.3 is 10.2 Å². The molecule has 1 aliphatic heterocycles. The molecule has 1 N–H and O–H groups in total. The normalized spacial score (nSPS) is 17.2. The first-order chi connectivity index (χ1) is 11.4. The zero-order valence-corrected chi connectivity index (χ0v) is 14.3. The Kier molecular flexibility index (Phi) is 4.38. The van der Waals surface area contributed by atoms with E-state index in [1.54, 1.807) is 4.90 Å². The highest BCUT2D eigenvalue weighted by atomic mass is 16.2. The molecule has 0 aromatic heterocycles. The number of carbonyl (C=O) groups is 2. The molecule has 24 heavy (non-hydrogen) atoms. The maximum atomic E-state index is 12.6. The first kappa shape index (κ1) is 16.2. The Hall–Kier alpha value is -2.62. The summed E-state index contributed by atoms with van der Waals surface area (Å²) in [4.78, 5) is 26.6. The van der Waals surface area contributed by atoms with Gasteiger partial charge in [-0.2, -0.15) is 0 Å². The van der Waals surface area contributed by atoms with Gasteiger partial charge in [0.05, 0.1) is 5.92 Å². The summed E-state index contributed by atoms with van der Waals surface area (Å²) in [6.45, 7) is 6.42. The quantitative estimate of drug-likeness (QED) is 0.938. The van der Waals surface area contributed by atoms with Crippen molar-refractivity contribution in [3.05, 3.63) is 59.2 Å². The van der Waals surface area contributed by atoms with Gasteiger partial charge in [-0.1, -0.05) is 29.8 Å². The molecule has 2 amide bonds. The molecule has 1 aliphatic rings. The Labute approximate surface area is 142 Å². The summed E-state index contributed by atoms with van der Waals surface area (Å²) in [6, 6.07) is 13.7. The van der Waals surface area contributed by atoms with Gasteiger partial charge in [0.1, 0.15) is 0 Å². The molecule has 1 fully saturated rings. The monoisotopic (exact) mass is 322 g/mol. The average molecular weight is 322 g/mol. The van der Waals surface area contributed by atoms with E-state index in [4.69, 9.17) is 0 Å². The molecule has 2 aromatic carbocycles. The van der Waals surface area contributed by atoms with Crippen LogP contribution in [0.4, 0.5) is 11.4 Å². The number of nitrogens with zero attached hydrogens (tertiary/aromatic N) is 1. The zero-order valence-electron chi connectivity index (χ0n) is 14.3. The van der Waals surface area contributed by atoms with Gasteiger partial charge in [-0.05, 0) is 50.1 Å². The highest BCUT2D eigenvalue weighted by molar-refractivity contribution is 6.03. The van der Waals surface area contributed by atoms with E-state index >= 15 is 0 Å². The van der Waals surface area contributed by atoms with Gasteiger partial charge in [0.25, 0.3) is 0 Å². The molecular weight excluding hydrogens is 300 g/mol. The van der Waals surface area contributed by atoms with Crippen molar-refractivity contribution >= 4 is 23.2 Å². The van der Waals surface area contributed by atoms with Crippen LogP contribution in [-0.2, 0) is 9.59 Å². The molecule has 0 aliphatic carbocycles. The first-order valence-electron chi connectivity index (χ1n) is 8.19. The van der Waals surface area contributed by atoms with Gasteiger partial charge in [0, 0.05) is 24.3 Å². The third kappa shape index (κ3) is 3.32. The molecule has 3 rings (SSSR count). The van der Waals surface area contributed by atoms with Crippen molar-refractivity contribution in [3.63, 3.8) is 0 Å². The summed E-state index contributed by atoms with van der Waals surface area (Å²) in [5.41, 5.74) is 4.97. The minimum Gasteiger partial charge on any atom is -0.326 e. The van der Waals surface area contributed by atoms with Crippen LogP contribution in [0, 0.1) is 26.7 Å². The van der Waals surface area contributed by atoms with Crippen LogP contribution in [0.3, 0.4) is 0 Å². The number of hydrogen-bond donors (Lipinski definition) is 1. The Morgan fingerprint density at radius 2 is 1.83 bits per heavy atom. The van der Waals surface area contributed by atoms with E-state index < -0.39 is 0 Å². The Morgan fingerprint density at radius 1 is 1.08 bits per heavy atom. The van der Waals surface area contributed by atoms with Gasteiger partial charge in [0.15, 0.2) is 0 Å². The number of carbonyl (C=O) groups excluding carboxylic acids is 2. The third-order valence-corrected chi connectivity index (χ3v) is 4.45. The van der Waals surface area contributed by atoms with Crippen LogP contribution in [0.25, 0.3) is 0 Å². The van der Waals surface area contributed by atoms with Crippen molar-refractivity contribution in [2.45, 2.75) is 27.2 Å². The second-order valence-corrected chi connectivity index (χ2v) is 6.55. The van der Waals surface area contributed by atoms with Gasteiger partial charge >= 0.3 is 0 Å². The van der Waals surface area contributed by atoms with Crippen LogP contribution in [0.1, 0.15) is 23.1 Å². The number of rotatable bonds is 3. The lowest BCUT2D eigenvalue weighted by Crippen LogP contribution is -2.28. The molecule has 4 heteroatoms. The maximum absolute atomic E-state index is 12.6. The highest BCUT2D eigenvalue weighted by Crippen LogP contribution is 2.27. The highest BCUT2D eigenvalue weighted by Gasteiger charge is 2.35. The molecule has 2 aromatic rings. The van der Waals surface area contributed by atoms with Crippen molar-refractivity contribution in [2.75, 3.05) is 16.8 Å². The van der Waals surface area contributed by atoms with Crippen molar-refractivity contribution in [2.24, 2.45) is 5.92 Å². The predicted octanol–water partition coefficient (Wildman–Crippen LogP) is 3.60. The summed E-state index contributed by atoms with van der Waals surface area (Å²) in [7, 11) is 0. The molecule has 0 radical (unpaired) electrons. The van der Waals surface area contributed by atoms with Gasteiger partial charge in [-0.3, -0.25) is 9.59 Å². The number of hydrogen-bond acceptors (Lipinski definition) is 2. The van der Waals surface area contributed by atoms with Crippen molar-refractivity contribution < 1.29 is 9.59 Å². The molecule has 0 spiro atoms. The number of aryl methyl sites for hydroxylation is 3. The Bertz CT molecular complexity index is 798. The number of anilines is 2. The standard InChI is InChI=1S/C20H22N2O2/c1-13-5-4-6-17(10-13)22-12-16(11-19(22)23)20(24)21-18-8-7-14(2)9-15(18)3/h4-10,16H,11-12H2,1-3H3,(H,21,24)/t16-/m0/s1. The summed E-state index contributed by atoms with van der Waals surface area (Å²) >= 11 is 0. The summed E-state index contributed by atoms with van der Waals surface area (Å²) in [5, 5.41) is 2.97. The van der Waals surface area contributed by atoms with E-state index in [0.717, 1.165) is 28.1 Å². The largest absolute Gasteiger partial charge is 0.326 e. The third-order valence-electron chi connectivity index (χ3n) is 4.45. The molecule has 4 nitrogen and oxygen atoms in total. The van der Waals surface area contributed by atoms with Crippen molar-refractivity contribution in [3.8, 4) is 0 Å². The van der Waals surface area contributed by atoms with Gasteiger partial charge in [-0.25, -0.2) is 0 Å². The Balaban J connectivity index is 1.72. The van der Waals surface area contributed by atoms with Crippen LogP contribution in [0.15, 0.2) is 42.5 Å². The minimum atomic E-state index is -0.321. The van der Waals surface area contributed by atoms with Crippen LogP contribution in [0.2, 0.25) is 0 Å². The molecule has 1 heterocycles. The Morgan fingerprint density at radius 3 is 2.54 bits per heavy atom. The second kappa shape index (κ2) is 6.48. The second-order valence-electron chi connectivity index (χ2n) is 6.55. The van der Waals surface area contributed by atoms with E-state index in [1.165, 1.54) is 0 Å². The van der Waals surface area contributed by atoms with Crippen LogP contribution in [0.5, 0.6) is 0 Å². The van der Waals surface area contributed by atoms with E-state index in [0.29, 0.717) is 6.54 Å². The molecule has 1 saturated heterocycles. The fraction of sp³-hybridized carbons (Fsp3) is 0.300. The summed E-state index contributed by atoms with van der Waals surface area (Å²) in [5.74, 6) is -0.412.